The molecule has 0 aliphatic carbocycles. The Balaban J connectivity index is 2.64. The van der Waals surface area contributed by atoms with Crippen molar-refractivity contribution in [2.75, 3.05) is 13.2 Å². The molecule has 0 saturated carbocycles. The Morgan fingerprint density at radius 1 is 1.00 bits per heavy atom. The summed E-state index contributed by atoms with van der Waals surface area (Å²) in [5.41, 5.74) is 0. The third kappa shape index (κ3) is 6.76. The van der Waals surface area contributed by atoms with Crippen molar-refractivity contribution in [3.63, 3.8) is 0 Å². The molecule has 0 aliphatic heterocycles. The molecular weight excluding hydrogens is 299 g/mol. The molecule has 0 amide bonds. The lowest BCUT2D eigenvalue weighted by Gasteiger charge is -2.18. The number of halogens is 1. The normalized spacial score (nSPS) is 11.6. The van der Waals surface area contributed by atoms with E-state index in [0.29, 0.717) is 24.0 Å². The van der Waals surface area contributed by atoms with Gasteiger partial charge in [-0.15, -0.1) is 0 Å². The van der Waals surface area contributed by atoms with Crippen LogP contribution in [0.4, 0.5) is 0 Å². The Labute approximate surface area is 126 Å². The van der Waals surface area contributed by atoms with Crippen LogP contribution in [0.2, 0.25) is 5.02 Å². The number of hydrogen-bond acceptors (Lipinski definition) is 4. The number of unbranched alkanes of at least 4 members (excludes halogenated alkanes) is 2. The van der Waals surface area contributed by atoms with E-state index in [4.69, 9.17) is 25.2 Å². The van der Waals surface area contributed by atoms with Crippen LogP contribution in [0.5, 0.6) is 5.75 Å². The van der Waals surface area contributed by atoms with Gasteiger partial charge in [0.05, 0.1) is 13.2 Å². The largest absolute Gasteiger partial charge is 0.530 e. The van der Waals surface area contributed by atoms with Crippen molar-refractivity contribution in [1.82, 2.24) is 0 Å². The molecule has 114 valence electrons. The highest BCUT2D eigenvalue weighted by Crippen LogP contribution is 2.49. The van der Waals surface area contributed by atoms with Crippen molar-refractivity contribution in [2.45, 2.75) is 39.5 Å². The molecule has 6 heteroatoms. The molecule has 0 aromatic heterocycles. The number of benzene rings is 1. The number of phosphoric acid groups is 1. The summed E-state index contributed by atoms with van der Waals surface area (Å²) >= 11 is 5.80. The van der Waals surface area contributed by atoms with E-state index in [1.54, 1.807) is 24.3 Å². The Hall–Kier alpha value is -0.540. The summed E-state index contributed by atoms with van der Waals surface area (Å²) in [5.74, 6) is 0.422. The summed E-state index contributed by atoms with van der Waals surface area (Å²) < 4.78 is 28.6. The van der Waals surface area contributed by atoms with Gasteiger partial charge in [0.2, 0.25) is 0 Å². The minimum absolute atomic E-state index is 0.355. The summed E-state index contributed by atoms with van der Waals surface area (Å²) in [6, 6.07) is 6.61. The van der Waals surface area contributed by atoms with Crippen molar-refractivity contribution >= 4 is 19.4 Å². The standard InChI is InChI=1S/C14H22ClO4P/c1-3-5-11-17-20(16,18-12-6-4-2)19-14-9-7-13(15)8-10-14/h7-10H,3-6,11-12H2,1-2H3. The predicted octanol–water partition coefficient (Wildman–Crippen LogP) is 5.46. The molecule has 0 N–H and O–H groups in total. The number of phosphoric ester groups is 1. The molecule has 0 fully saturated rings. The fraction of sp³-hybridized carbons (Fsp3) is 0.571. The third-order valence-electron chi connectivity index (χ3n) is 2.53. The van der Waals surface area contributed by atoms with Crippen LogP contribution in [0, 0.1) is 0 Å². The maximum Gasteiger partial charge on any atom is 0.530 e. The summed E-state index contributed by atoms with van der Waals surface area (Å²) in [6.07, 6.45) is 3.53. The van der Waals surface area contributed by atoms with E-state index >= 15 is 0 Å². The molecule has 20 heavy (non-hydrogen) atoms. The average Bonchev–Trinajstić information content (AvgIpc) is 2.42. The van der Waals surface area contributed by atoms with Crippen LogP contribution in [0.25, 0.3) is 0 Å². The second-order valence-electron chi connectivity index (χ2n) is 4.37. The smallest absolute Gasteiger partial charge is 0.404 e. The van der Waals surface area contributed by atoms with Crippen molar-refractivity contribution in [3.8, 4) is 5.75 Å². The lowest BCUT2D eigenvalue weighted by molar-refractivity contribution is 0.152. The van der Waals surface area contributed by atoms with Gasteiger partial charge >= 0.3 is 7.82 Å². The van der Waals surface area contributed by atoms with Crippen LogP contribution in [0.1, 0.15) is 39.5 Å². The van der Waals surface area contributed by atoms with Crippen molar-refractivity contribution in [1.29, 1.82) is 0 Å². The number of rotatable bonds is 10. The van der Waals surface area contributed by atoms with Gasteiger partial charge in [-0.05, 0) is 37.1 Å². The topological polar surface area (TPSA) is 44.8 Å². The maximum atomic E-state index is 12.5. The molecule has 0 aliphatic rings. The molecule has 0 saturated heterocycles. The Morgan fingerprint density at radius 3 is 1.95 bits per heavy atom. The fourth-order valence-electron chi connectivity index (χ4n) is 1.36. The van der Waals surface area contributed by atoms with Crippen LogP contribution in [0.15, 0.2) is 24.3 Å². The Bertz CT molecular complexity index is 408. The van der Waals surface area contributed by atoms with Gasteiger partial charge in [-0.1, -0.05) is 38.3 Å². The van der Waals surface area contributed by atoms with Gasteiger partial charge in [0.1, 0.15) is 5.75 Å². The van der Waals surface area contributed by atoms with Crippen LogP contribution < -0.4 is 4.52 Å². The van der Waals surface area contributed by atoms with Gasteiger partial charge in [0.15, 0.2) is 0 Å². The summed E-state index contributed by atoms with van der Waals surface area (Å²) in [5, 5.41) is 0.589. The molecule has 0 heterocycles. The zero-order valence-corrected chi connectivity index (χ0v) is 13.7. The van der Waals surface area contributed by atoms with Crippen molar-refractivity contribution in [2.24, 2.45) is 0 Å². The lowest BCUT2D eigenvalue weighted by atomic mass is 10.3. The molecule has 1 aromatic carbocycles. The average molecular weight is 321 g/mol. The molecule has 4 nitrogen and oxygen atoms in total. The highest BCUT2D eigenvalue weighted by atomic mass is 35.5. The predicted molar refractivity (Wildman–Crippen MR) is 81.4 cm³/mol. The van der Waals surface area contributed by atoms with Crippen LogP contribution in [0.3, 0.4) is 0 Å². The minimum atomic E-state index is -3.56. The van der Waals surface area contributed by atoms with Gasteiger partial charge in [0.25, 0.3) is 0 Å². The second kappa shape index (κ2) is 9.41. The third-order valence-corrected chi connectivity index (χ3v) is 4.21. The first-order chi connectivity index (χ1) is 9.59. The summed E-state index contributed by atoms with van der Waals surface area (Å²) in [6.45, 7) is 4.78. The summed E-state index contributed by atoms with van der Waals surface area (Å²) in [4.78, 5) is 0. The monoisotopic (exact) mass is 320 g/mol. The van der Waals surface area contributed by atoms with Crippen LogP contribution in [-0.2, 0) is 13.6 Å². The number of hydrogen-bond donors (Lipinski definition) is 0. The highest BCUT2D eigenvalue weighted by molar-refractivity contribution is 7.48. The Kier molecular flexibility index (Phi) is 8.24. The Morgan fingerprint density at radius 2 is 1.50 bits per heavy atom. The highest BCUT2D eigenvalue weighted by Gasteiger charge is 2.28. The van der Waals surface area contributed by atoms with E-state index < -0.39 is 7.82 Å². The fourth-order valence-corrected chi connectivity index (χ4v) is 2.75. The zero-order valence-electron chi connectivity index (χ0n) is 12.0. The SMILES string of the molecule is CCCCOP(=O)(OCCCC)Oc1ccc(Cl)cc1. The van der Waals surface area contributed by atoms with Gasteiger partial charge < -0.3 is 4.52 Å². The van der Waals surface area contributed by atoms with Gasteiger partial charge in [-0.25, -0.2) is 4.57 Å². The second-order valence-corrected chi connectivity index (χ2v) is 6.40. The first kappa shape index (κ1) is 17.5. The van der Waals surface area contributed by atoms with E-state index in [1.807, 2.05) is 13.8 Å². The van der Waals surface area contributed by atoms with Crippen LogP contribution in [-0.4, -0.2) is 13.2 Å². The van der Waals surface area contributed by atoms with Gasteiger partial charge in [0, 0.05) is 5.02 Å². The molecule has 0 bridgehead atoms. The maximum absolute atomic E-state index is 12.5. The molecule has 0 atom stereocenters. The lowest BCUT2D eigenvalue weighted by Crippen LogP contribution is -2.04. The van der Waals surface area contributed by atoms with Gasteiger partial charge in [-0.3, -0.25) is 9.05 Å². The van der Waals surface area contributed by atoms with E-state index in [-0.39, 0.29) is 0 Å². The first-order valence-electron chi connectivity index (χ1n) is 6.94. The molecule has 0 radical (unpaired) electrons. The van der Waals surface area contributed by atoms with E-state index in [1.165, 1.54) is 0 Å². The zero-order chi connectivity index (χ0) is 14.8. The molecule has 1 aromatic rings. The molecule has 0 unspecified atom stereocenters. The van der Waals surface area contributed by atoms with Crippen molar-refractivity contribution < 1.29 is 18.1 Å². The van der Waals surface area contributed by atoms with Crippen molar-refractivity contribution in [3.05, 3.63) is 29.3 Å². The molecular formula is C14H22ClO4P. The first-order valence-corrected chi connectivity index (χ1v) is 8.77. The quantitative estimate of drug-likeness (QED) is 0.424. The van der Waals surface area contributed by atoms with E-state index in [2.05, 4.69) is 0 Å². The van der Waals surface area contributed by atoms with Gasteiger partial charge in [-0.2, -0.15) is 0 Å². The van der Waals surface area contributed by atoms with Crippen LogP contribution >= 0.6 is 19.4 Å². The van der Waals surface area contributed by atoms with E-state index in [9.17, 15) is 4.57 Å². The molecule has 1 rings (SSSR count). The minimum Gasteiger partial charge on any atom is -0.404 e. The van der Waals surface area contributed by atoms with E-state index in [0.717, 1.165) is 25.7 Å². The summed E-state index contributed by atoms with van der Waals surface area (Å²) in [7, 11) is -3.56. The molecule has 0 spiro atoms.